The fourth-order valence-corrected chi connectivity index (χ4v) is 7.34. The van der Waals surface area contributed by atoms with Gasteiger partial charge in [-0.05, 0) is 36.5 Å². The number of hydrogen-bond donors (Lipinski definition) is 0. The highest BCUT2D eigenvalue weighted by Gasteiger charge is 2.67. The van der Waals surface area contributed by atoms with Gasteiger partial charge in [-0.25, -0.2) is 9.40 Å². The van der Waals surface area contributed by atoms with Gasteiger partial charge >= 0.3 is 0 Å². The summed E-state index contributed by atoms with van der Waals surface area (Å²) in [6.07, 6.45) is 0.732. The lowest BCUT2D eigenvalue weighted by atomic mass is 9.81. The monoisotopic (exact) mass is 593 g/mol. The van der Waals surface area contributed by atoms with E-state index in [1.165, 1.54) is 42.5 Å². The van der Waals surface area contributed by atoms with Crippen molar-refractivity contribution in [1.82, 2.24) is 10.0 Å². The zero-order chi connectivity index (χ0) is 24.3. The van der Waals surface area contributed by atoms with Crippen molar-refractivity contribution in [1.29, 1.82) is 0 Å². The second kappa shape index (κ2) is 8.53. The van der Waals surface area contributed by atoms with E-state index in [9.17, 15) is 28.9 Å². The minimum atomic E-state index is -0.724. The van der Waals surface area contributed by atoms with Crippen LogP contribution in [0.2, 0.25) is 0 Å². The van der Waals surface area contributed by atoms with E-state index < -0.39 is 40.3 Å². The normalized spacial score (nSPS) is 29.4. The second-order valence-electron chi connectivity index (χ2n) is 8.75. The molecule has 6 atom stereocenters. The Kier molecular flexibility index (Phi) is 5.79. The number of benzene rings is 2. The van der Waals surface area contributed by atoms with Crippen molar-refractivity contribution < 1.29 is 23.7 Å². The fraction of sp³-hybridized carbons (Fsp3) is 0.348. The average molecular weight is 595 g/mol. The first-order chi connectivity index (χ1) is 16.2. The Morgan fingerprint density at radius 3 is 2.12 bits per heavy atom. The lowest BCUT2D eigenvalue weighted by molar-refractivity contribution is -0.384. The number of nitrogens with zero attached hydrogens (tertiary/aromatic N) is 3. The SMILES string of the molecule is O=C(c1ccc([N+](=O)[O-])cc1)N(Cc1ccccc1F)N1C(=O)[C@@H]2[C@H]3C[C@@H]([C@H](Br)[C@@H]3Br)[C@@H]2C1=O. The van der Waals surface area contributed by atoms with Gasteiger partial charge in [0.15, 0.2) is 0 Å². The number of carbonyl (C=O) groups excluding carboxylic acids is 3. The summed E-state index contributed by atoms with van der Waals surface area (Å²) in [6, 6.07) is 10.7. The first kappa shape index (κ1) is 23.1. The Morgan fingerprint density at radius 2 is 1.59 bits per heavy atom. The number of nitro benzene ring substituents is 1. The van der Waals surface area contributed by atoms with Crippen LogP contribution in [0.3, 0.4) is 0 Å². The van der Waals surface area contributed by atoms with Gasteiger partial charge in [0.1, 0.15) is 5.82 Å². The lowest BCUT2D eigenvalue weighted by Gasteiger charge is -2.31. The minimum absolute atomic E-state index is 0.0286. The summed E-state index contributed by atoms with van der Waals surface area (Å²) < 4.78 is 14.5. The summed E-state index contributed by atoms with van der Waals surface area (Å²) in [7, 11) is 0. The molecule has 0 aromatic heterocycles. The average Bonchev–Trinajstić information content (AvgIpc) is 3.43. The number of halogens is 3. The van der Waals surface area contributed by atoms with Crippen molar-refractivity contribution >= 4 is 55.3 Å². The number of amides is 3. The van der Waals surface area contributed by atoms with Gasteiger partial charge in [-0.15, -0.1) is 0 Å². The number of hydrogen-bond acceptors (Lipinski definition) is 5. The second-order valence-corrected chi connectivity index (χ2v) is 10.9. The molecular formula is C23H18Br2FN3O5. The zero-order valence-electron chi connectivity index (χ0n) is 17.5. The maximum absolute atomic E-state index is 14.5. The molecule has 176 valence electrons. The lowest BCUT2D eigenvalue weighted by Crippen LogP contribution is -2.50. The van der Waals surface area contributed by atoms with Crippen molar-refractivity contribution in [2.45, 2.75) is 22.6 Å². The quantitative estimate of drug-likeness (QED) is 0.225. The van der Waals surface area contributed by atoms with E-state index in [-0.39, 0.29) is 44.8 Å². The van der Waals surface area contributed by atoms with Crippen LogP contribution in [0.4, 0.5) is 10.1 Å². The molecule has 2 bridgehead atoms. The van der Waals surface area contributed by atoms with E-state index >= 15 is 0 Å². The van der Waals surface area contributed by atoms with Crippen LogP contribution < -0.4 is 0 Å². The third-order valence-corrected chi connectivity index (χ3v) is 10.2. The van der Waals surface area contributed by atoms with Crippen LogP contribution in [-0.4, -0.2) is 42.3 Å². The molecule has 3 amide bonds. The molecule has 0 N–H and O–H groups in total. The summed E-state index contributed by atoms with van der Waals surface area (Å²) in [5.41, 5.74) is -0.0298. The van der Waals surface area contributed by atoms with Crippen LogP contribution in [0.5, 0.6) is 0 Å². The predicted octanol–water partition coefficient (Wildman–Crippen LogP) is 4.07. The molecule has 34 heavy (non-hydrogen) atoms. The maximum Gasteiger partial charge on any atom is 0.273 e. The highest BCUT2D eigenvalue weighted by Crippen LogP contribution is 2.60. The molecule has 2 aromatic rings. The number of hydrazine groups is 1. The van der Waals surface area contributed by atoms with Crippen LogP contribution in [0, 0.1) is 39.6 Å². The number of non-ortho nitro benzene ring substituents is 1. The van der Waals surface area contributed by atoms with E-state index in [2.05, 4.69) is 31.9 Å². The van der Waals surface area contributed by atoms with E-state index in [0.717, 1.165) is 16.4 Å². The van der Waals surface area contributed by atoms with Gasteiger partial charge in [-0.2, -0.15) is 5.01 Å². The first-order valence-electron chi connectivity index (χ1n) is 10.7. The Balaban J connectivity index is 1.53. The Morgan fingerprint density at radius 1 is 1.03 bits per heavy atom. The number of imide groups is 1. The van der Waals surface area contributed by atoms with Gasteiger partial charge in [-0.3, -0.25) is 24.5 Å². The van der Waals surface area contributed by atoms with Crippen molar-refractivity contribution in [2.24, 2.45) is 23.7 Å². The Labute approximate surface area is 210 Å². The molecule has 1 aliphatic heterocycles. The van der Waals surface area contributed by atoms with Gasteiger partial charge in [0, 0.05) is 32.9 Å². The molecule has 2 aromatic carbocycles. The molecule has 11 heteroatoms. The number of nitro groups is 1. The predicted molar refractivity (Wildman–Crippen MR) is 125 cm³/mol. The first-order valence-corrected chi connectivity index (χ1v) is 12.5. The highest BCUT2D eigenvalue weighted by atomic mass is 79.9. The zero-order valence-corrected chi connectivity index (χ0v) is 20.7. The Hall–Kier alpha value is -2.66. The molecule has 0 unspecified atom stereocenters. The molecular weight excluding hydrogens is 577 g/mol. The van der Waals surface area contributed by atoms with Gasteiger partial charge < -0.3 is 0 Å². The highest BCUT2D eigenvalue weighted by molar-refractivity contribution is 9.12. The van der Waals surface area contributed by atoms with Crippen molar-refractivity contribution in [3.05, 3.63) is 75.6 Å². The van der Waals surface area contributed by atoms with Crippen LogP contribution in [-0.2, 0) is 16.1 Å². The summed E-state index contributed by atoms with van der Waals surface area (Å²) in [5, 5.41) is 12.8. The van der Waals surface area contributed by atoms with E-state index in [1.807, 2.05) is 0 Å². The van der Waals surface area contributed by atoms with Crippen LogP contribution >= 0.6 is 31.9 Å². The van der Waals surface area contributed by atoms with Crippen molar-refractivity contribution in [2.75, 3.05) is 0 Å². The summed E-state index contributed by atoms with van der Waals surface area (Å²) in [6.45, 7) is -0.343. The molecule has 2 aliphatic carbocycles. The maximum atomic E-state index is 14.5. The third-order valence-electron chi connectivity index (χ3n) is 7.04. The Bertz CT molecular complexity index is 1180. The van der Waals surface area contributed by atoms with E-state index in [1.54, 1.807) is 6.07 Å². The minimum Gasteiger partial charge on any atom is -0.272 e. The van der Waals surface area contributed by atoms with Gasteiger partial charge in [0.05, 0.1) is 23.3 Å². The molecule has 1 saturated heterocycles. The van der Waals surface area contributed by atoms with Crippen molar-refractivity contribution in [3.63, 3.8) is 0 Å². The molecule has 2 saturated carbocycles. The molecule has 0 radical (unpaired) electrons. The molecule has 8 nitrogen and oxygen atoms in total. The summed E-state index contributed by atoms with van der Waals surface area (Å²) >= 11 is 7.27. The number of rotatable bonds is 5. The number of carbonyl (C=O) groups is 3. The number of fused-ring (bicyclic) bond motifs is 5. The molecule has 3 fully saturated rings. The molecule has 5 rings (SSSR count). The largest absolute Gasteiger partial charge is 0.273 e. The molecule has 3 aliphatic rings. The van der Waals surface area contributed by atoms with Gasteiger partial charge in [0.25, 0.3) is 23.4 Å². The molecule has 1 heterocycles. The summed E-state index contributed by atoms with van der Waals surface area (Å²) in [4.78, 5) is 51.0. The third kappa shape index (κ3) is 3.48. The summed E-state index contributed by atoms with van der Waals surface area (Å²) in [5.74, 6) is -3.46. The van der Waals surface area contributed by atoms with Gasteiger partial charge in [-0.1, -0.05) is 50.1 Å². The van der Waals surface area contributed by atoms with Gasteiger partial charge in [0.2, 0.25) is 0 Å². The molecule has 0 spiro atoms. The topological polar surface area (TPSA) is 101 Å². The standard InChI is InChI=1S/C23H18Br2FN3O5/c24-19-14-9-15(20(19)25)18-17(14)22(31)28(23(18)32)27(10-12-3-1-2-4-16(12)26)21(30)11-5-7-13(8-6-11)29(33)34/h1-8,14-15,17-20H,9-10H2/t14-,15-,17-,18+,19-,20+/m1/s1. The van der Waals surface area contributed by atoms with E-state index in [0.29, 0.717) is 0 Å². The number of alkyl halides is 2. The van der Waals surface area contributed by atoms with Crippen LogP contribution in [0.25, 0.3) is 0 Å². The van der Waals surface area contributed by atoms with Crippen LogP contribution in [0.15, 0.2) is 48.5 Å². The van der Waals surface area contributed by atoms with Crippen molar-refractivity contribution in [3.8, 4) is 0 Å². The van der Waals surface area contributed by atoms with Crippen LogP contribution in [0.1, 0.15) is 22.3 Å². The smallest absolute Gasteiger partial charge is 0.272 e. The fourth-order valence-electron chi connectivity index (χ4n) is 5.47. The van der Waals surface area contributed by atoms with E-state index in [4.69, 9.17) is 0 Å².